The Morgan fingerprint density at radius 3 is 2.65 bits per heavy atom. The number of halogens is 1. The van der Waals surface area contributed by atoms with Crippen LogP contribution in [0.15, 0.2) is 53.9 Å². The molecule has 3 N–H and O–H groups in total. The highest BCUT2D eigenvalue weighted by molar-refractivity contribution is 7.13. The normalized spacial score (nSPS) is 10.3. The Labute approximate surface area is 158 Å². The molecule has 3 rings (SSSR count). The number of nitrogens with two attached hydrogens (primary N) is 1. The number of ether oxygens (including phenoxy) is 1. The van der Waals surface area contributed by atoms with Gasteiger partial charge in [0, 0.05) is 21.7 Å². The van der Waals surface area contributed by atoms with Gasteiger partial charge in [0.1, 0.15) is 16.5 Å². The third-order valence-corrected chi connectivity index (χ3v) is 4.43. The molecule has 6 nitrogen and oxygen atoms in total. The number of primary amides is 1. The Bertz CT molecular complexity index is 941. The number of rotatable bonds is 6. The minimum Gasteiger partial charge on any atom is -0.484 e. The molecule has 0 aliphatic carbocycles. The molecule has 3 aromatic rings. The largest absolute Gasteiger partial charge is 0.484 e. The van der Waals surface area contributed by atoms with Gasteiger partial charge in [0.05, 0.1) is 0 Å². The van der Waals surface area contributed by atoms with E-state index in [1.165, 1.54) is 11.3 Å². The second kappa shape index (κ2) is 7.99. The van der Waals surface area contributed by atoms with Crippen LogP contribution >= 0.6 is 22.9 Å². The summed E-state index contributed by atoms with van der Waals surface area (Å²) < 4.78 is 5.17. The number of carbonyl (C=O) groups is 2. The Balaban J connectivity index is 1.66. The van der Waals surface area contributed by atoms with Crippen molar-refractivity contribution >= 4 is 40.4 Å². The number of amides is 2. The van der Waals surface area contributed by atoms with E-state index >= 15 is 0 Å². The van der Waals surface area contributed by atoms with Crippen LogP contribution in [0, 0.1) is 0 Å². The monoisotopic (exact) mass is 387 g/mol. The van der Waals surface area contributed by atoms with E-state index in [0.29, 0.717) is 27.2 Å². The van der Waals surface area contributed by atoms with Crippen molar-refractivity contribution in [3.63, 3.8) is 0 Å². The summed E-state index contributed by atoms with van der Waals surface area (Å²) in [4.78, 5) is 27.4. The molecule has 0 atom stereocenters. The topological polar surface area (TPSA) is 94.3 Å². The van der Waals surface area contributed by atoms with Crippen LogP contribution in [0.2, 0.25) is 5.02 Å². The Morgan fingerprint density at radius 1 is 1.19 bits per heavy atom. The summed E-state index contributed by atoms with van der Waals surface area (Å²) in [5.41, 5.74) is 6.78. The summed E-state index contributed by atoms with van der Waals surface area (Å²) in [6.07, 6.45) is 0. The van der Waals surface area contributed by atoms with E-state index in [-0.39, 0.29) is 12.5 Å². The molecule has 2 amide bonds. The predicted octanol–water partition coefficient (Wildman–Crippen LogP) is 3.58. The van der Waals surface area contributed by atoms with Crippen LogP contribution in [0.1, 0.15) is 10.5 Å². The first-order valence-corrected chi connectivity index (χ1v) is 8.81. The van der Waals surface area contributed by atoms with Crippen LogP contribution in [0.5, 0.6) is 5.75 Å². The average molecular weight is 388 g/mol. The maximum absolute atomic E-state index is 12.3. The van der Waals surface area contributed by atoms with Gasteiger partial charge in [-0.1, -0.05) is 23.7 Å². The highest BCUT2D eigenvalue weighted by Gasteiger charge is 2.12. The summed E-state index contributed by atoms with van der Waals surface area (Å²) in [7, 11) is 0. The zero-order valence-corrected chi connectivity index (χ0v) is 15.0. The smallest absolute Gasteiger partial charge is 0.275 e. The van der Waals surface area contributed by atoms with E-state index < -0.39 is 5.91 Å². The van der Waals surface area contributed by atoms with Crippen molar-refractivity contribution in [3.8, 4) is 16.3 Å². The van der Waals surface area contributed by atoms with Gasteiger partial charge in [-0.15, -0.1) is 11.3 Å². The van der Waals surface area contributed by atoms with Crippen molar-refractivity contribution in [3.05, 3.63) is 64.6 Å². The van der Waals surface area contributed by atoms with Crippen LogP contribution in [-0.4, -0.2) is 23.4 Å². The summed E-state index contributed by atoms with van der Waals surface area (Å²) in [6.45, 7) is -0.198. The van der Waals surface area contributed by atoms with Crippen molar-refractivity contribution in [1.29, 1.82) is 0 Å². The van der Waals surface area contributed by atoms with Crippen molar-refractivity contribution in [2.75, 3.05) is 11.9 Å². The third-order valence-electron chi connectivity index (χ3n) is 3.30. The molecule has 8 heteroatoms. The SMILES string of the molecule is NC(=O)COc1ccc(NC(=O)c2csc(-c3cccc(Cl)c3)n2)cc1. The highest BCUT2D eigenvalue weighted by Crippen LogP contribution is 2.26. The van der Waals surface area contributed by atoms with Crippen LogP contribution in [0.3, 0.4) is 0 Å². The van der Waals surface area contributed by atoms with Gasteiger partial charge in [0.25, 0.3) is 11.8 Å². The number of hydrogen-bond acceptors (Lipinski definition) is 5. The van der Waals surface area contributed by atoms with Crippen molar-refractivity contribution in [2.45, 2.75) is 0 Å². The molecule has 0 bridgehead atoms. The van der Waals surface area contributed by atoms with Crippen molar-refractivity contribution in [1.82, 2.24) is 4.98 Å². The van der Waals surface area contributed by atoms with Gasteiger partial charge >= 0.3 is 0 Å². The van der Waals surface area contributed by atoms with E-state index in [4.69, 9.17) is 22.1 Å². The first kappa shape index (κ1) is 17.9. The van der Waals surface area contributed by atoms with E-state index in [1.807, 2.05) is 12.1 Å². The zero-order valence-electron chi connectivity index (χ0n) is 13.4. The first-order valence-electron chi connectivity index (χ1n) is 7.55. The molecule has 0 unspecified atom stereocenters. The average Bonchev–Trinajstić information content (AvgIpc) is 3.11. The molecule has 0 saturated heterocycles. The molecule has 0 aliphatic heterocycles. The van der Waals surface area contributed by atoms with E-state index in [9.17, 15) is 9.59 Å². The lowest BCUT2D eigenvalue weighted by molar-refractivity contribution is -0.119. The lowest BCUT2D eigenvalue weighted by Gasteiger charge is -2.06. The second-order valence-corrected chi connectivity index (χ2v) is 6.58. The fraction of sp³-hybridized carbons (Fsp3) is 0.0556. The quantitative estimate of drug-likeness (QED) is 0.675. The van der Waals surface area contributed by atoms with E-state index in [2.05, 4.69) is 10.3 Å². The number of hydrogen-bond donors (Lipinski definition) is 2. The summed E-state index contributed by atoms with van der Waals surface area (Å²) >= 11 is 7.35. The number of aromatic nitrogens is 1. The standard InChI is InChI=1S/C18H14ClN3O3S/c19-12-3-1-2-11(8-12)18-22-15(10-26-18)17(24)21-13-4-6-14(7-5-13)25-9-16(20)23/h1-8,10H,9H2,(H2,20,23)(H,21,24). The highest BCUT2D eigenvalue weighted by atomic mass is 35.5. The summed E-state index contributed by atoms with van der Waals surface area (Å²) in [6, 6.07) is 13.9. The van der Waals surface area contributed by atoms with Gasteiger partial charge in [0.15, 0.2) is 6.61 Å². The molecule has 1 heterocycles. The number of nitrogens with zero attached hydrogens (tertiary/aromatic N) is 1. The number of carbonyl (C=O) groups excluding carboxylic acids is 2. The first-order chi connectivity index (χ1) is 12.5. The Kier molecular flexibility index (Phi) is 5.50. The molecule has 0 aliphatic rings. The fourth-order valence-electron chi connectivity index (χ4n) is 2.12. The van der Waals surface area contributed by atoms with Crippen LogP contribution < -0.4 is 15.8 Å². The van der Waals surface area contributed by atoms with Crippen LogP contribution in [0.25, 0.3) is 10.6 Å². The Morgan fingerprint density at radius 2 is 1.96 bits per heavy atom. The lowest BCUT2D eigenvalue weighted by Crippen LogP contribution is -2.20. The molecule has 26 heavy (non-hydrogen) atoms. The third kappa shape index (κ3) is 4.59. The van der Waals surface area contributed by atoms with Gasteiger partial charge in [-0.2, -0.15) is 0 Å². The molecule has 0 spiro atoms. The molecule has 0 radical (unpaired) electrons. The summed E-state index contributed by atoms with van der Waals surface area (Å²) in [5.74, 6) is -0.388. The van der Waals surface area contributed by atoms with Gasteiger partial charge in [-0.05, 0) is 36.4 Å². The maximum Gasteiger partial charge on any atom is 0.275 e. The lowest BCUT2D eigenvalue weighted by atomic mass is 10.2. The molecule has 0 saturated carbocycles. The molecule has 1 aromatic heterocycles. The van der Waals surface area contributed by atoms with Gasteiger partial charge < -0.3 is 15.8 Å². The maximum atomic E-state index is 12.3. The fourth-order valence-corrected chi connectivity index (χ4v) is 3.10. The number of benzene rings is 2. The minimum absolute atomic E-state index is 0.198. The molecular formula is C18H14ClN3O3S. The molecule has 0 fully saturated rings. The number of anilines is 1. The zero-order chi connectivity index (χ0) is 18.5. The number of nitrogens with one attached hydrogen (secondary N) is 1. The van der Waals surface area contributed by atoms with Crippen molar-refractivity contribution in [2.24, 2.45) is 5.73 Å². The molecule has 2 aromatic carbocycles. The predicted molar refractivity (Wildman–Crippen MR) is 102 cm³/mol. The van der Waals surface area contributed by atoms with Gasteiger partial charge in [-0.3, -0.25) is 9.59 Å². The minimum atomic E-state index is -0.554. The van der Waals surface area contributed by atoms with Crippen LogP contribution in [-0.2, 0) is 4.79 Å². The van der Waals surface area contributed by atoms with Gasteiger partial charge in [0.2, 0.25) is 0 Å². The van der Waals surface area contributed by atoms with Crippen molar-refractivity contribution < 1.29 is 14.3 Å². The second-order valence-electron chi connectivity index (χ2n) is 5.28. The number of thiazole rings is 1. The van der Waals surface area contributed by atoms with Crippen LogP contribution in [0.4, 0.5) is 5.69 Å². The molecular weight excluding hydrogens is 374 g/mol. The van der Waals surface area contributed by atoms with Gasteiger partial charge in [-0.25, -0.2) is 4.98 Å². The Hall–Kier alpha value is -2.90. The van der Waals surface area contributed by atoms with E-state index in [1.54, 1.807) is 41.8 Å². The molecule has 132 valence electrons. The summed E-state index contributed by atoms with van der Waals surface area (Å²) in [5, 5.41) is 5.78. The van der Waals surface area contributed by atoms with E-state index in [0.717, 1.165) is 5.56 Å².